The van der Waals surface area contributed by atoms with Crippen LogP contribution in [0.2, 0.25) is 0 Å². The topological polar surface area (TPSA) is 93.7 Å². The van der Waals surface area contributed by atoms with Gasteiger partial charge in [-0.1, -0.05) is 136 Å². The molecule has 0 fully saturated rings. The Labute approximate surface area is 492 Å². The third-order valence-corrected chi connectivity index (χ3v) is 15.1. The molecule has 0 unspecified atom stereocenters. The van der Waals surface area contributed by atoms with Gasteiger partial charge in [0.2, 0.25) is 0 Å². The second-order valence-corrected chi connectivity index (χ2v) is 23.5. The van der Waals surface area contributed by atoms with Gasteiger partial charge < -0.3 is 13.4 Å². The maximum absolute atomic E-state index is 9.56. The number of aryl methyl sites for hydroxylation is 4. The summed E-state index contributed by atoms with van der Waals surface area (Å²) in [5.41, 5.74) is 16.7. The standard InChI is InChI=1S/C58H52N3O2.C14H15N2.Ir/c1-31(2)44-26-40(38-17-19-39(20-18-38)52-35(7)23-41(24-36(52)8)58(9,10)11)27-45(32(3)4)55(44)61-54-34(6)13-12-14-48(54)60-57(61)43-21-15-33(5)53-47-29-50-46(28-51(47)63-56(43)53)42-22-16-37(30-59)25-49(42)62-50;1-14(2,3)12-9-10-15-13(16-12)11-7-5-4-6-8-11;/h12-20,22-29,31-32H,1-11H3;4-7,9-10H,1-3H3;/q2*-1;/i5D3,6D3;;. The fourth-order valence-corrected chi connectivity index (χ4v) is 10.9. The summed E-state index contributed by atoms with van der Waals surface area (Å²) in [6.07, 6.45) is 1.81. The van der Waals surface area contributed by atoms with Gasteiger partial charge in [-0.3, -0.25) is 15.0 Å². The molecule has 0 saturated heterocycles. The number of nitriles is 1. The number of nitrogens with zero attached hydrogens (tertiary/aromatic N) is 5. The van der Waals surface area contributed by atoms with Crippen molar-refractivity contribution in [2.45, 2.75) is 119 Å². The van der Waals surface area contributed by atoms with Gasteiger partial charge in [0.1, 0.15) is 16.7 Å². The van der Waals surface area contributed by atoms with Crippen LogP contribution in [0.15, 0.2) is 148 Å². The largest absolute Gasteiger partial charge is 0.501 e. The van der Waals surface area contributed by atoms with Gasteiger partial charge in [0.05, 0.1) is 39.9 Å². The molecule has 0 spiro atoms. The van der Waals surface area contributed by atoms with E-state index in [0.29, 0.717) is 55.5 Å². The number of furan rings is 2. The van der Waals surface area contributed by atoms with Crippen LogP contribution in [0.25, 0.3) is 106 Å². The quantitative estimate of drug-likeness (QED) is 0.148. The first-order valence-corrected chi connectivity index (χ1v) is 27.0. The van der Waals surface area contributed by atoms with Crippen molar-refractivity contribution in [2.75, 3.05) is 0 Å². The molecule has 0 atom stereocenters. The Morgan fingerprint density at radius 2 is 1.31 bits per heavy atom. The Bertz CT molecular complexity index is 4570. The average Bonchev–Trinajstić information content (AvgIpc) is 1.59. The third kappa shape index (κ3) is 10.1. The molecular weight excluding hydrogens is 1160 g/mol. The van der Waals surface area contributed by atoms with Crippen molar-refractivity contribution in [3.8, 4) is 56.8 Å². The van der Waals surface area contributed by atoms with Crippen LogP contribution in [-0.4, -0.2) is 19.5 Å². The van der Waals surface area contributed by atoms with Crippen molar-refractivity contribution in [3.63, 3.8) is 0 Å². The molecule has 403 valence electrons. The summed E-state index contributed by atoms with van der Waals surface area (Å²) in [6, 6.07) is 51.6. The van der Waals surface area contributed by atoms with Gasteiger partial charge in [0, 0.05) is 67.5 Å². The van der Waals surface area contributed by atoms with E-state index >= 15 is 0 Å². The molecule has 0 aliphatic rings. The summed E-state index contributed by atoms with van der Waals surface area (Å²) in [4.78, 5) is 14.1. The molecule has 4 heterocycles. The summed E-state index contributed by atoms with van der Waals surface area (Å²) in [7, 11) is 0. The van der Waals surface area contributed by atoms with Crippen LogP contribution in [0, 0.1) is 51.0 Å². The van der Waals surface area contributed by atoms with E-state index in [1.54, 1.807) is 30.3 Å². The van der Waals surface area contributed by atoms with Crippen LogP contribution in [0.3, 0.4) is 0 Å². The summed E-state index contributed by atoms with van der Waals surface area (Å²) in [5, 5.41) is 12.0. The molecule has 0 aliphatic heterocycles. The maximum Gasteiger partial charge on any atom is 0.136 e. The Morgan fingerprint density at radius 3 is 1.95 bits per heavy atom. The number of para-hydroxylation sites is 1. The van der Waals surface area contributed by atoms with Crippen LogP contribution < -0.4 is 0 Å². The van der Waals surface area contributed by atoms with E-state index < -0.39 is 13.7 Å². The molecule has 12 aromatic rings. The normalized spacial score (nSPS) is 13.4. The number of hydrogen-bond donors (Lipinski definition) is 0. The molecular formula is C72H67IrN5O2-2. The molecule has 0 saturated carbocycles. The van der Waals surface area contributed by atoms with E-state index in [1.165, 1.54) is 28.3 Å². The fraction of sp³-hybridized carbons (Fsp3) is 0.250. The van der Waals surface area contributed by atoms with Crippen molar-refractivity contribution in [2.24, 2.45) is 0 Å². The number of imidazole rings is 1. The molecule has 0 amide bonds. The predicted molar refractivity (Wildman–Crippen MR) is 326 cm³/mol. The second-order valence-electron chi connectivity index (χ2n) is 23.5. The molecule has 7 nitrogen and oxygen atoms in total. The summed E-state index contributed by atoms with van der Waals surface area (Å²) >= 11 is 0. The Morgan fingerprint density at radius 1 is 0.637 bits per heavy atom. The van der Waals surface area contributed by atoms with Crippen molar-refractivity contribution in [1.82, 2.24) is 19.5 Å². The molecule has 0 N–H and O–H groups in total. The van der Waals surface area contributed by atoms with Gasteiger partial charge in [-0.15, -0.1) is 53.6 Å². The number of aromatic nitrogens is 4. The molecule has 0 aliphatic carbocycles. The first kappa shape index (κ1) is 48.0. The molecule has 4 aromatic heterocycles. The van der Waals surface area contributed by atoms with Gasteiger partial charge in [0.15, 0.2) is 0 Å². The molecule has 12 rings (SSSR count). The van der Waals surface area contributed by atoms with Gasteiger partial charge in [-0.25, -0.2) is 0 Å². The van der Waals surface area contributed by atoms with Crippen molar-refractivity contribution < 1.29 is 37.2 Å². The van der Waals surface area contributed by atoms with Gasteiger partial charge in [-0.2, -0.15) is 5.26 Å². The van der Waals surface area contributed by atoms with Gasteiger partial charge >= 0.3 is 0 Å². The van der Waals surface area contributed by atoms with E-state index in [2.05, 4.69) is 160 Å². The zero-order valence-corrected chi connectivity index (χ0v) is 49.7. The average molecular weight is 1230 g/mol. The zero-order chi connectivity index (χ0) is 60.8. The Hall–Kier alpha value is -7.95. The monoisotopic (exact) mass is 1230 g/mol. The summed E-state index contributed by atoms with van der Waals surface area (Å²) in [6.45, 7) is 21.0. The molecule has 1 radical (unpaired) electrons. The zero-order valence-electron chi connectivity index (χ0n) is 53.3. The first-order valence-electron chi connectivity index (χ1n) is 30.0. The van der Waals surface area contributed by atoms with E-state index in [-0.39, 0.29) is 59.5 Å². The van der Waals surface area contributed by atoms with E-state index in [4.69, 9.17) is 22.0 Å². The Balaban J connectivity index is 0.000000417. The summed E-state index contributed by atoms with van der Waals surface area (Å²) < 4.78 is 67.5. The van der Waals surface area contributed by atoms with Crippen molar-refractivity contribution in [1.29, 1.82) is 5.26 Å². The molecule has 8 heteroatoms. The van der Waals surface area contributed by atoms with Crippen molar-refractivity contribution in [3.05, 3.63) is 202 Å². The number of hydrogen-bond acceptors (Lipinski definition) is 6. The summed E-state index contributed by atoms with van der Waals surface area (Å²) in [5.74, 6) is 1.05. The predicted octanol–water partition coefficient (Wildman–Crippen LogP) is 19.5. The van der Waals surface area contributed by atoms with E-state index in [1.807, 2.05) is 59.3 Å². The SMILES string of the molecule is CC(C)(C)c1ccnc(-c2[c-]cccc2)n1.[2H]C([2H])([2H])c1c[c-]c(-c2nc3cccc(C([2H])([2H])[2H])c3n2-c2c(C(C)C)cc(-c3ccc(-c4c(C)cc(C(C)(C)C)cc4C)cc3)cc2C(C)C)c2oc3cc4c(cc3c12)oc1cc(C#N)ccc14.[Ir]. The number of benzene rings is 8. The number of fused-ring (bicyclic) bond motifs is 7. The molecule has 0 bridgehead atoms. The number of rotatable bonds is 7. The van der Waals surface area contributed by atoms with Crippen molar-refractivity contribution >= 4 is 54.9 Å². The third-order valence-electron chi connectivity index (χ3n) is 15.1. The van der Waals surface area contributed by atoms with E-state index in [0.717, 1.165) is 61.4 Å². The van der Waals surface area contributed by atoms with Gasteiger partial charge in [-0.05, 0) is 148 Å². The van der Waals surface area contributed by atoms with E-state index in [9.17, 15) is 5.26 Å². The van der Waals surface area contributed by atoms with Crippen LogP contribution in [-0.2, 0) is 30.9 Å². The minimum absolute atomic E-state index is 0. The van der Waals surface area contributed by atoms with Gasteiger partial charge in [0.25, 0.3) is 0 Å². The molecule has 8 aromatic carbocycles. The fourth-order valence-electron chi connectivity index (χ4n) is 10.9. The van der Waals surface area contributed by atoms with Crippen LogP contribution in [0.4, 0.5) is 0 Å². The first-order chi connectivity index (χ1) is 40.1. The van der Waals surface area contributed by atoms with Crippen LogP contribution in [0.1, 0.15) is 139 Å². The maximum atomic E-state index is 9.56. The minimum atomic E-state index is -2.55. The minimum Gasteiger partial charge on any atom is -0.501 e. The van der Waals surface area contributed by atoms with Crippen LogP contribution >= 0.6 is 0 Å². The smallest absolute Gasteiger partial charge is 0.136 e. The second kappa shape index (κ2) is 21.3. The molecule has 80 heavy (non-hydrogen) atoms. The Kier molecular flexibility index (Phi) is 12.8. The van der Waals surface area contributed by atoms with Crippen LogP contribution in [0.5, 0.6) is 0 Å².